The van der Waals surface area contributed by atoms with Crippen molar-refractivity contribution in [3.8, 4) is 17.1 Å². The van der Waals surface area contributed by atoms with Crippen molar-refractivity contribution >= 4 is 34.0 Å². The van der Waals surface area contributed by atoms with Gasteiger partial charge in [-0.15, -0.1) is 5.10 Å². The maximum atomic E-state index is 12.4. The fourth-order valence-electron chi connectivity index (χ4n) is 3.71. The van der Waals surface area contributed by atoms with Gasteiger partial charge >= 0.3 is 11.8 Å². The Hall–Kier alpha value is -3.47. The predicted octanol–water partition coefficient (Wildman–Crippen LogP) is 1.12. The first-order valence-electron chi connectivity index (χ1n) is 10.7. The number of thiazole rings is 1. The van der Waals surface area contributed by atoms with Crippen LogP contribution in [-0.2, 0) is 20.8 Å². The van der Waals surface area contributed by atoms with E-state index >= 15 is 0 Å². The van der Waals surface area contributed by atoms with E-state index in [1.165, 1.54) is 23.2 Å². The van der Waals surface area contributed by atoms with Gasteiger partial charge in [0.2, 0.25) is 10.9 Å². The molecule has 0 bridgehead atoms. The fraction of sp³-hybridized carbons (Fsp3) is 0.409. The fourth-order valence-corrected chi connectivity index (χ4v) is 4.77. The summed E-state index contributed by atoms with van der Waals surface area (Å²) < 4.78 is 6.99. The number of rotatable bonds is 5. The molecule has 174 valence electrons. The minimum Gasteiger partial charge on any atom is -0.497 e. The summed E-state index contributed by atoms with van der Waals surface area (Å²) >= 11 is 1.52. The highest BCUT2D eigenvalue weighted by atomic mass is 32.1. The number of ether oxygens (including phenoxy) is 1. The second-order valence-corrected chi connectivity index (χ2v) is 8.84. The van der Waals surface area contributed by atoms with Crippen molar-refractivity contribution in [3.05, 3.63) is 34.8 Å². The van der Waals surface area contributed by atoms with Gasteiger partial charge in [-0.3, -0.25) is 14.4 Å². The van der Waals surface area contributed by atoms with Crippen LogP contribution in [0.3, 0.4) is 0 Å². The summed E-state index contributed by atoms with van der Waals surface area (Å²) in [4.78, 5) is 45.7. The molecule has 0 spiro atoms. The zero-order valence-corrected chi connectivity index (χ0v) is 19.6. The molecule has 3 amide bonds. The minimum absolute atomic E-state index is 0.0187. The minimum atomic E-state index is -0.620. The zero-order valence-electron chi connectivity index (χ0n) is 18.8. The van der Waals surface area contributed by atoms with Crippen LogP contribution >= 0.6 is 11.3 Å². The molecule has 0 saturated carbocycles. The molecule has 0 aliphatic carbocycles. The number of piperazine rings is 1. The summed E-state index contributed by atoms with van der Waals surface area (Å²) in [5.41, 5.74) is 1.87. The van der Waals surface area contributed by atoms with Crippen molar-refractivity contribution in [3.63, 3.8) is 0 Å². The lowest BCUT2D eigenvalue weighted by Gasteiger charge is -2.33. The second kappa shape index (κ2) is 9.57. The molecule has 2 aromatic heterocycles. The molecule has 1 aliphatic rings. The number of carbonyl (C=O) groups excluding carboxylic acids is 3. The third-order valence-corrected chi connectivity index (χ3v) is 6.90. The maximum absolute atomic E-state index is 12.4. The molecule has 10 nitrogen and oxygen atoms in total. The summed E-state index contributed by atoms with van der Waals surface area (Å²) in [7, 11) is 1.62. The summed E-state index contributed by atoms with van der Waals surface area (Å²) in [6.07, 6.45) is 0.580. The van der Waals surface area contributed by atoms with E-state index in [-0.39, 0.29) is 5.91 Å². The number of nitrogens with zero attached hydrogens (tertiary/aromatic N) is 5. The van der Waals surface area contributed by atoms with Crippen molar-refractivity contribution in [1.82, 2.24) is 29.7 Å². The van der Waals surface area contributed by atoms with E-state index in [4.69, 9.17) is 4.74 Å². The molecule has 1 aromatic carbocycles. The molecular formula is C22H26N6O4S. The summed E-state index contributed by atoms with van der Waals surface area (Å²) in [6.45, 7) is 5.46. The molecule has 33 heavy (non-hydrogen) atoms. The lowest BCUT2D eigenvalue weighted by atomic mass is 10.2. The molecule has 3 aromatic rings. The molecule has 0 unspecified atom stereocenters. The number of aromatic nitrogens is 3. The van der Waals surface area contributed by atoms with Crippen LogP contribution in [0.1, 0.15) is 17.5 Å². The van der Waals surface area contributed by atoms with E-state index in [0.717, 1.165) is 26.8 Å². The molecule has 1 fully saturated rings. The van der Waals surface area contributed by atoms with E-state index in [9.17, 15) is 14.4 Å². The van der Waals surface area contributed by atoms with Crippen molar-refractivity contribution in [2.24, 2.45) is 0 Å². The number of hydrogen-bond donors (Lipinski definition) is 1. The Bertz CT molecular complexity index is 1180. The highest BCUT2D eigenvalue weighted by Gasteiger charge is 2.26. The first kappa shape index (κ1) is 22.7. The quantitative estimate of drug-likeness (QED) is 0.560. The van der Waals surface area contributed by atoms with Gasteiger partial charge in [0, 0.05) is 56.5 Å². The standard InChI is InChI=1S/C22H26N6O4S/c1-14-18(8-9-23-20(30)21(31)27-12-10-26(11-13-27)15(2)29)33-22-24-19(25-28(14)22)16-4-6-17(32-3)7-5-16/h4-7H,8-13H2,1-3H3,(H,23,30). The first-order valence-corrected chi connectivity index (χ1v) is 11.5. The zero-order chi connectivity index (χ0) is 23.5. The van der Waals surface area contributed by atoms with E-state index in [2.05, 4.69) is 15.4 Å². The first-order chi connectivity index (χ1) is 15.9. The molecular weight excluding hydrogens is 444 g/mol. The van der Waals surface area contributed by atoms with Crippen molar-refractivity contribution in [2.75, 3.05) is 39.8 Å². The number of hydrogen-bond acceptors (Lipinski definition) is 7. The average molecular weight is 471 g/mol. The van der Waals surface area contributed by atoms with Gasteiger partial charge in [0.15, 0.2) is 5.82 Å². The predicted molar refractivity (Wildman–Crippen MR) is 123 cm³/mol. The maximum Gasteiger partial charge on any atom is 0.312 e. The highest BCUT2D eigenvalue weighted by molar-refractivity contribution is 7.17. The molecule has 1 saturated heterocycles. The highest BCUT2D eigenvalue weighted by Crippen LogP contribution is 2.26. The number of methoxy groups -OCH3 is 1. The van der Waals surface area contributed by atoms with Gasteiger partial charge in [-0.25, -0.2) is 4.52 Å². The number of amides is 3. The number of nitrogens with one attached hydrogen (secondary N) is 1. The van der Waals surface area contributed by atoms with Crippen LogP contribution < -0.4 is 10.1 Å². The summed E-state index contributed by atoms with van der Waals surface area (Å²) in [6, 6.07) is 7.58. The Morgan fingerprint density at radius 2 is 1.76 bits per heavy atom. The van der Waals surface area contributed by atoms with Crippen molar-refractivity contribution < 1.29 is 19.1 Å². The van der Waals surface area contributed by atoms with Crippen LogP contribution in [0.2, 0.25) is 0 Å². The number of aryl methyl sites for hydroxylation is 1. The number of carbonyl (C=O) groups is 3. The van der Waals surface area contributed by atoms with Crippen LogP contribution in [0, 0.1) is 6.92 Å². The largest absolute Gasteiger partial charge is 0.497 e. The Morgan fingerprint density at radius 1 is 1.09 bits per heavy atom. The Kier molecular flexibility index (Phi) is 6.59. The van der Waals surface area contributed by atoms with Gasteiger partial charge in [0.05, 0.1) is 12.8 Å². The Labute approximate surface area is 195 Å². The Balaban J connectivity index is 1.32. The Morgan fingerprint density at radius 3 is 2.36 bits per heavy atom. The van der Waals surface area contributed by atoms with Crippen molar-refractivity contribution in [1.29, 1.82) is 0 Å². The van der Waals surface area contributed by atoms with Crippen LogP contribution in [-0.4, -0.2) is 82.0 Å². The average Bonchev–Trinajstić information content (AvgIpc) is 3.38. The molecule has 0 radical (unpaired) electrons. The normalized spacial score (nSPS) is 13.9. The summed E-state index contributed by atoms with van der Waals surface area (Å²) in [5, 5.41) is 7.32. The van der Waals surface area contributed by atoms with Crippen molar-refractivity contribution in [2.45, 2.75) is 20.3 Å². The molecule has 3 heterocycles. The van der Waals surface area contributed by atoms with E-state index in [0.29, 0.717) is 45.0 Å². The monoisotopic (exact) mass is 470 g/mol. The second-order valence-electron chi connectivity index (χ2n) is 7.77. The topological polar surface area (TPSA) is 109 Å². The van der Waals surface area contributed by atoms with Gasteiger partial charge < -0.3 is 19.9 Å². The van der Waals surface area contributed by atoms with Gasteiger partial charge in [0.1, 0.15) is 5.75 Å². The number of fused-ring (bicyclic) bond motifs is 1. The lowest BCUT2D eigenvalue weighted by molar-refractivity contribution is -0.148. The third kappa shape index (κ3) is 4.82. The van der Waals surface area contributed by atoms with Gasteiger partial charge in [0.25, 0.3) is 0 Å². The van der Waals surface area contributed by atoms with E-state index in [1.807, 2.05) is 31.2 Å². The van der Waals surface area contributed by atoms with Crippen LogP contribution in [0.4, 0.5) is 0 Å². The van der Waals surface area contributed by atoms with Gasteiger partial charge in [-0.1, -0.05) is 11.3 Å². The molecule has 4 rings (SSSR count). The molecule has 1 N–H and O–H groups in total. The van der Waals surface area contributed by atoms with Crippen LogP contribution in [0.15, 0.2) is 24.3 Å². The van der Waals surface area contributed by atoms with Crippen LogP contribution in [0.25, 0.3) is 16.3 Å². The van der Waals surface area contributed by atoms with Crippen LogP contribution in [0.5, 0.6) is 5.75 Å². The summed E-state index contributed by atoms with van der Waals surface area (Å²) in [5.74, 6) is 0.223. The molecule has 1 aliphatic heterocycles. The molecule has 0 atom stereocenters. The van der Waals surface area contributed by atoms with Gasteiger partial charge in [-0.2, -0.15) is 4.98 Å². The number of benzene rings is 1. The molecule has 11 heteroatoms. The SMILES string of the molecule is COc1ccc(-c2nc3sc(CCNC(=O)C(=O)N4CCN(C(C)=O)CC4)c(C)n3n2)cc1. The van der Waals surface area contributed by atoms with E-state index < -0.39 is 11.8 Å². The smallest absolute Gasteiger partial charge is 0.312 e. The lowest BCUT2D eigenvalue weighted by Crippen LogP contribution is -2.53. The van der Waals surface area contributed by atoms with E-state index in [1.54, 1.807) is 16.5 Å². The third-order valence-electron chi connectivity index (χ3n) is 5.71. The van der Waals surface area contributed by atoms with Gasteiger partial charge in [-0.05, 0) is 31.2 Å².